The Morgan fingerprint density at radius 1 is 1.23 bits per heavy atom. The molecular weight excluding hydrogens is 463 g/mol. The van der Waals surface area contributed by atoms with E-state index in [-0.39, 0.29) is 35.9 Å². The Bertz CT molecular complexity index is 1110. The van der Waals surface area contributed by atoms with E-state index in [4.69, 9.17) is 40.5 Å². The second-order valence-corrected chi connectivity index (χ2v) is 10.8. The minimum atomic E-state index is -0.699. The summed E-state index contributed by atoms with van der Waals surface area (Å²) in [6.45, 7) is -0.0759. The highest BCUT2D eigenvalue weighted by Crippen LogP contribution is 2.55. The van der Waals surface area contributed by atoms with Crippen LogP contribution in [0.4, 0.5) is 0 Å². The number of nitrogens with two attached hydrogens (primary N) is 1. The molecule has 2 N–H and O–H groups in total. The average molecular weight is 484 g/mol. The predicted molar refractivity (Wildman–Crippen MR) is 117 cm³/mol. The van der Waals surface area contributed by atoms with Crippen molar-refractivity contribution < 1.29 is 14.4 Å². The van der Waals surface area contributed by atoms with Gasteiger partial charge in [-0.3, -0.25) is 19.1 Å². The molecule has 0 unspecified atom stereocenters. The van der Waals surface area contributed by atoms with Crippen LogP contribution >= 0.6 is 34.8 Å². The van der Waals surface area contributed by atoms with E-state index in [0.717, 1.165) is 6.42 Å². The molecular formula is C21H21Cl3N4O3. The lowest BCUT2D eigenvalue weighted by atomic mass is 10.0. The summed E-state index contributed by atoms with van der Waals surface area (Å²) < 4.78 is 0.765. The van der Waals surface area contributed by atoms with Crippen molar-refractivity contribution in [3.63, 3.8) is 0 Å². The lowest BCUT2D eigenvalue weighted by Gasteiger charge is -2.27. The zero-order valence-corrected chi connectivity index (χ0v) is 18.8. The van der Waals surface area contributed by atoms with E-state index in [1.807, 2.05) is 0 Å². The third kappa shape index (κ3) is 3.81. The number of rotatable bonds is 7. The minimum absolute atomic E-state index is 0.0616. The van der Waals surface area contributed by atoms with Crippen LogP contribution in [0.15, 0.2) is 18.2 Å². The first-order chi connectivity index (χ1) is 14.7. The molecule has 2 saturated carbocycles. The number of ketones is 1. The summed E-state index contributed by atoms with van der Waals surface area (Å²) in [5.41, 5.74) is 6.11. The summed E-state index contributed by atoms with van der Waals surface area (Å²) in [6, 6.07) is 4.67. The number of primary amides is 1. The number of carbonyl (C=O) groups excluding carboxylic acids is 3. The molecule has 2 aliphatic carbocycles. The summed E-state index contributed by atoms with van der Waals surface area (Å²) in [5.74, 6) is -0.284. The summed E-state index contributed by atoms with van der Waals surface area (Å²) in [4.78, 5) is 39.7. The first kappa shape index (κ1) is 21.0. The second kappa shape index (κ2) is 7.36. The zero-order valence-electron chi connectivity index (χ0n) is 16.6. The topological polar surface area (TPSA) is 98.3 Å². The number of benzene rings is 1. The smallest absolute Gasteiger partial charge is 0.269 e. The fourth-order valence-corrected chi connectivity index (χ4v) is 5.59. The van der Waals surface area contributed by atoms with E-state index in [1.54, 1.807) is 23.1 Å². The molecule has 2 amide bonds. The Balaban J connectivity index is 1.33. The van der Waals surface area contributed by atoms with Crippen molar-refractivity contribution in [3.05, 3.63) is 28.9 Å². The van der Waals surface area contributed by atoms with Crippen LogP contribution in [-0.4, -0.2) is 48.7 Å². The van der Waals surface area contributed by atoms with E-state index in [2.05, 4.69) is 5.10 Å². The highest BCUT2D eigenvalue weighted by Gasteiger charge is 2.56. The predicted octanol–water partition coefficient (Wildman–Crippen LogP) is 3.32. The molecule has 0 spiro atoms. The van der Waals surface area contributed by atoms with Crippen molar-refractivity contribution in [1.29, 1.82) is 0 Å². The number of carbonyl (C=O) groups is 3. The lowest BCUT2D eigenvalue weighted by molar-refractivity contribution is -0.139. The molecule has 7 nitrogen and oxygen atoms in total. The van der Waals surface area contributed by atoms with Gasteiger partial charge in [-0.2, -0.15) is 5.10 Å². The van der Waals surface area contributed by atoms with Gasteiger partial charge in [-0.25, -0.2) is 0 Å². The summed E-state index contributed by atoms with van der Waals surface area (Å²) in [7, 11) is 0. The number of aromatic nitrogens is 2. The Kier molecular flexibility index (Phi) is 4.99. The number of fused-ring (bicyclic) bond motifs is 2. The van der Waals surface area contributed by atoms with E-state index < -0.39 is 16.3 Å². The number of Topliss-reactive ketones (excluding diaryl/α,β-unsaturated/α-hetero) is 1. The van der Waals surface area contributed by atoms with Gasteiger partial charge in [-0.15, -0.1) is 23.2 Å². The van der Waals surface area contributed by atoms with Crippen molar-refractivity contribution in [3.8, 4) is 0 Å². The number of nitrogens with zero attached hydrogens (tertiary/aromatic N) is 3. The van der Waals surface area contributed by atoms with Crippen molar-refractivity contribution in [1.82, 2.24) is 14.7 Å². The largest absolute Gasteiger partial charge is 0.364 e. The lowest BCUT2D eigenvalue weighted by Crippen LogP contribution is -2.44. The van der Waals surface area contributed by atoms with Gasteiger partial charge in [0.05, 0.1) is 11.6 Å². The van der Waals surface area contributed by atoms with Crippen molar-refractivity contribution in [2.75, 3.05) is 0 Å². The van der Waals surface area contributed by atoms with Gasteiger partial charge in [0.25, 0.3) is 5.91 Å². The van der Waals surface area contributed by atoms with Gasteiger partial charge in [-0.1, -0.05) is 11.6 Å². The van der Waals surface area contributed by atoms with Crippen molar-refractivity contribution in [2.24, 2.45) is 17.6 Å². The van der Waals surface area contributed by atoms with E-state index in [0.29, 0.717) is 47.5 Å². The molecule has 1 saturated heterocycles. The number of amides is 2. The molecule has 4 atom stereocenters. The Morgan fingerprint density at radius 3 is 2.65 bits per heavy atom. The molecule has 31 heavy (non-hydrogen) atoms. The van der Waals surface area contributed by atoms with Crippen LogP contribution in [0.3, 0.4) is 0 Å². The number of alkyl halides is 2. The summed E-state index contributed by atoms with van der Waals surface area (Å²) >= 11 is 18.2. The Morgan fingerprint density at radius 2 is 1.97 bits per heavy atom. The van der Waals surface area contributed by atoms with E-state index >= 15 is 0 Å². The highest BCUT2D eigenvalue weighted by atomic mass is 35.5. The summed E-state index contributed by atoms with van der Waals surface area (Å²) in [6.07, 6.45) is 3.35. The SMILES string of the molecule is NC(=O)c1nn(CC(=O)N2[C@@H]3C[C@@H]3C[C@H]2C(=O)CC[C@H]2CC2(Cl)Cl)c2ccc(Cl)cc12. The molecule has 0 radical (unpaired) electrons. The molecule has 2 aromatic rings. The van der Waals surface area contributed by atoms with Gasteiger partial charge in [0.2, 0.25) is 5.91 Å². The van der Waals surface area contributed by atoms with Gasteiger partial charge in [0.15, 0.2) is 11.5 Å². The quantitative estimate of drug-likeness (QED) is 0.611. The van der Waals surface area contributed by atoms with Crippen LogP contribution in [0.25, 0.3) is 10.9 Å². The first-order valence-electron chi connectivity index (χ1n) is 10.3. The first-order valence-corrected chi connectivity index (χ1v) is 11.5. The van der Waals surface area contributed by atoms with E-state index in [9.17, 15) is 14.4 Å². The monoisotopic (exact) mass is 482 g/mol. The standard InChI is InChI=1S/C21H21Cl3N4O3/c22-12-2-3-14-13(7-12)19(20(25)31)26-27(14)9-18(30)28-15-5-10(15)6-16(28)17(29)4-1-11-8-21(11,23)24/h2-3,7,10-11,15-16H,1,4-6,8-9H2,(H2,25,31)/t10-,11+,15-,16+/m1/s1. The number of piperidine rings is 1. The molecule has 164 valence electrons. The average Bonchev–Trinajstić information content (AvgIpc) is 3.49. The van der Waals surface area contributed by atoms with E-state index in [1.165, 1.54) is 4.68 Å². The van der Waals surface area contributed by atoms with Gasteiger partial charge in [0, 0.05) is 22.9 Å². The fourth-order valence-electron chi connectivity index (χ4n) is 4.83. The number of likely N-dealkylation sites (tertiary alicyclic amines) is 1. The summed E-state index contributed by atoms with van der Waals surface area (Å²) in [5, 5.41) is 5.20. The van der Waals surface area contributed by atoms with Crippen molar-refractivity contribution >= 4 is 63.3 Å². The number of hydrogen-bond acceptors (Lipinski definition) is 4. The molecule has 2 heterocycles. The maximum Gasteiger partial charge on any atom is 0.269 e. The third-order valence-corrected chi connectivity index (χ3v) is 7.85. The highest BCUT2D eigenvalue weighted by molar-refractivity contribution is 6.50. The number of halogens is 3. The fraction of sp³-hybridized carbons (Fsp3) is 0.524. The van der Waals surface area contributed by atoms with Gasteiger partial charge in [-0.05, 0) is 55.7 Å². The van der Waals surface area contributed by atoms with Crippen LogP contribution in [0.5, 0.6) is 0 Å². The third-order valence-electron chi connectivity index (χ3n) is 6.69. The molecule has 1 aromatic carbocycles. The molecule has 5 rings (SSSR count). The van der Waals surface area contributed by atoms with Gasteiger partial charge < -0.3 is 10.6 Å². The zero-order chi connectivity index (χ0) is 22.1. The van der Waals surface area contributed by atoms with Crippen LogP contribution < -0.4 is 5.73 Å². The Hall–Kier alpha value is -1.83. The molecule has 1 aliphatic heterocycles. The molecule has 3 fully saturated rings. The van der Waals surface area contributed by atoms with Crippen molar-refractivity contribution in [2.45, 2.75) is 55.1 Å². The molecule has 0 bridgehead atoms. The molecule has 10 heteroatoms. The molecule has 1 aromatic heterocycles. The minimum Gasteiger partial charge on any atom is -0.364 e. The maximum absolute atomic E-state index is 13.2. The normalized spacial score (nSPS) is 27.9. The number of hydrogen-bond donors (Lipinski definition) is 1. The van der Waals surface area contributed by atoms with Gasteiger partial charge in [0.1, 0.15) is 10.9 Å². The van der Waals surface area contributed by atoms with Crippen LogP contribution in [-0.2, 0) is 16.1 Å². The molecule has 3 aliphatic rings. The van der Waals surface area contributed by atoms with Crippen LogP contribution in [0.2, 0.25) is 5.02 Å². The van der Waals surface area contributed by atoms with Gasteiger partial charge >= 0.3 is 0 Å². The Labute approximate surface area is 193 Å². The second-order valence-electron chi connectivity index (χ2n) is 8.81. The van der Waals surface area contributed by atoms with Crippen LogP contribution in [0.1, 0.15) is 42.6 Å². The maximum atomic E-state index is 13.2. The van der Waals surface area contributed by atoms with Crippen LogP contribution in [0, 0.1) is 11.8 Å².